The maximum atomic E-state index is 5.50. The van der Waals surface area contributed by atoms with Crippen LogP contribution in [-0.4, -0.2) is 28.6 Å². The summed E-state index contributed by atoms with van der Waals surface area (Å²) in [6.07, 6.45) is 0. The topological polar surface area (TPSA) is 18.5 Å². The van der Waals surface area contributed by atoms with E-state index in [1.807, 2.05) is 20.8 Å². The van der Waals surface area contributed by atoms with E-state index in [4.69, 9.17) is 9.16 Å². The summed E-state index contributed by atoms with van der Waals surface area (Å²) in [5.74, 6) is 0. The van der Waals surface area contributed by atoms with Gasteiger partial charge in [0.1, 0.15) is 0 Å². The molecule has 0 atom stereocenters. The molecule has 0 aromatic heterocycles. The van der Waals surface area contributed by atoms with Crippen molar-refractivity contribution in [1.82, 2.24) is 0 Å². The van der Waals surface area contributed by atoms with Crippen LogP contribution in [0.15, 0.2) is 11.3 Å². The van der Waals surface area contributed by atoms with Gasteiger partial charge in [0.25, 0.3) is 9.76 Å². The lowest BCUT2D eigenvalue weighted by Gasteiger charge is -2.19. The summed E-state index contributed by atoms with van der Waals surface area (Å²) in [5, 5.41) is 0. The Kier molecular flexibility index (Phi) is 6.29. The van der Waals surface area contributed by atoms with Crippen LogP contribution in [0.25, 0.3) is 0 Å². The quantitative estimate of drug-likeness (QED) is 0.501. The van der Waals surface area contributed by atoms with E-state index in [9.17, 15) is 0 Å². The molecule has 0 aliphatic heterocycles. The van der Waals surface area contributed by atoms with Crippen molar-refractivity contribution in [3.05, 3.63) is 11.3 Å². The molecule has 0 amide bonds. The first-order valence-corrected chi connectivity index (χ1v) is 5.55. The molecule has 0 aliphatic carbocycles. The zero-order chi connectivity index (χ0) is 10.3. The van der Waals surface area contributed by atoms with E-state index in [1.165, 1.54) is 5.57 Å². The first-order valence-electron chi connectivity index (χ1n) is 4.56. The molecule has 2 radical (unpaired) electrons. The van der Waals surface area contributed by atoms with Crippen molar-refractivity contribution < 1.29 is 9.16 Å². The molecule has 0 aliphatic rings. The van der Waals surface area contributed by atoms with Gasteiger partial charge in [-0.25, -0.2) is 0 Å². The standard InChI is InChI=1S/C10H20O2Si/c1-9(2)8-13-12-7-6-11-10(3,4)5/h8H,6-7H2,1-5H3. The Hall–Kier alpha value is -0.123. The van der Waals surface area contributed by atoms with Crippen molar-refractivity contribution in [2.24, 2.45) is 0 Å². The molecule has 0 bridgehead atoms. The van der Waals surface area contributed by atoms with Crippen molar-refractivity contribution in [1.29, 1.82) is 0 Å². The fraction of sp³-hybridized carbons (Fsp3) is 0.800. The molecular formula is C10H20O2Si. The van der Waals surface area contributed by atoms with E-state index in [0.717, 1.165) is 0 Å². The highest BCUT2D eigenvalue weighted by atomic mass is 28.2. The van der Waals surface area contributed by atoms with Gasteiger partial charge in [-0.2, -0.15) is 0 Å². The van der Waals surface area contributed by atoms with Crippen LogP contribution in [0, 0.1) is 0 Å². The summed E-state index contributed by atoms with van der Waals surface area (Å²) >= 11 is 0. The van der Waals surface area contributed by atoms with Crippen LogP contribution in [0.2, 0.25) is 0 Å². The van der Waals surface area contributed by atoms with Crippen molar-refractivity contribution in [3.63, 3.8) is 0 Å². The molecule has 0 saturated heterocycles. The fourth-order valence-corrected chi connectivity index (χ4v) is 1.13. The van der Waals surface area contributed by atoms with Gasteiger partial charge < -0.3 is 9.16 Å². The fourth-order valence-electron chi connectivity index (χ4n) is 0.608. The summed E-state index contributed by atoms with van der Waals surface area (Å²) < 4.78 is 10.9. The highest BCUT2D eigenvalue weighted by molar-refractivity contribution is 6.34. The molecule has 0 aromatic rings. The summed E-state index contributed by atoms with van der Waals surface area (Å²) in [5.41, 5.74) is 3.34. The molecule has 0 rings (SSSR count). The van der Waals surface area contributed by atoms with Gasteiger partial charge in [0.2, 0.25) is 0 Å². The lowest BCUT2D eigenvalue weighted by molar-refractivity contribution is -0.0158. The van der Waals surface area contributed by atoms with E-state index in [0.29, 0.717) is 23.0 Å². The third kappa shape index (κ3) is 11.9. The van der Waals surface area contributed by atoms with Crippen LogP contribution in [0.5, 0.6) is 0 Å². The van der Waals surface area contributed by atoms with Gasteiger partial charge in [0.05, 0.1) is 18.8 Å². The van der Waals surface area contributed by atoms with Crippen LogP contribution < -0.4 is 0 Å². The second kappa shape index (κ2) is 6.35. The molecular weight excluding hydrogens is 180 g/mol. The molecule has 3 heteroatoms. The summed E-state index contributed by atoms with van der Waals surface area (Å²) in [6.45, 7) is 11.6. The zero-order valence-electron chi connectivity index (χ0n) is 9.31. The van der Waals surface area contributed by atoms with Crippen LogP contribution in [0.3, 0.4) is 0 Å². The second-order valence-corrected chi connectivity index (χ2v) is 4.96. The molecule has 0 spiro atoms. The molecule has 2 nitrogen and oxygen atoms in total. The van der Waals surface area contributed by atoms with Crippen LogP contribution in [0.4, 0.5) is 0 Å². The predicted molar refractivity (Wildman–Crippen MR) is 56.8 cm³/mol. The highest BCUT2D eigenvalue weighted by Crippen LogP contribution is 2.05. The minimum atomic E-state index is -0.0526. The second-order valence-electron chi connectivity index (χ2n) is 4.15. The van der Waals surface area contributed by atoms with Gasteiger partial charge >= 0.3 is 0 Å². The minimum Gasteiger partial charge on any atom is -0.410 e. The van der Waals surface area contributed by atoms with E-state index in [-0.39, 0.29) is 5.60 Å². The Balaban J connectivity index is 3.23. The number of allylic oxidation sites excluding steroid dienone is 1. The Morgan fingerprint density at radius 2 is 1.85 bits per heavy atom. The van der Waals surface area contributed by atoms with E-state index in [1.54, 1.807) is 0 Å². The Bertz CT molecular complexity index is 155. The van der Waals surface area contributed by atoms with Crippen LogP contribution >= 0.6 is 0 Å². The van der Waals surface area contributed by atoms with Gasteiger partial charge in [0.15, 0.2) is 0 Å². The van der Waals surface area contributed by atoms with E-state index >= 15 is 0 Å². The van der Waals surface area contributed by atoms with Crippen molar-refractivity contribution in [2.75, 3.05) is 13.2 Å². The molecule has 0 saturated carbocycles. The van der Waals surface area contributed by atoms with Crippen LogP contribution in [0.1, 0.15) is 34.6 Å². The molecule has 0 heterocycles. The first-order chi connectivity index (χ1) is 5.92. The average Bonchev–Trinajstić information content (AvgIpc) is 1.93. The third-order valence-electron chi connectivity index (χ3n) is 1.15. The highest BCUT2D eigenvalue weighted by Gasteiger charge is 2.08. The largest absolute Gasteiger partial charge is 0.410 e. The molecule has 0 aromatic carbocycles. The zero-order valence-corrected chi connectivity index (χ0v) is 10.3. The molecule has 0 fully saturated rings. The average molecular weight is 200 g/mol. The smallest absolute Gasteiger partial charge is 0.260 e. The predicted octanol–water partition coefficient (Wildman–Crippen LogP) is 2.36. The summed E-state index contributed by atoms with van der Waals surface area (Å²) in [6, 6.07) is 0. The Labute approximate surface area is 84.3 Å². The Morgan fingerprint density at radius 3 is 2.31 bits per heavy atom. The van der Waals surface area contributed by atoms with E-state index < -0.39 is 0 Å². The summed E-state index contributed by atoms with van der Waals surface area (Å²) in [7, 11) is 0.464. The maximum absolute atomic E-state index is 5.50. The van der Waals surface area contributed by atoms with Gasteiger partial charge in [-0.3, -0.25) is 0 Å². The van der Waals surface area contributed by atoms with Crippen molar-refractivity contribution in [3.8, 4) is 0 Å². The lowest BCUT2D eigenvalue weighted by atomic mass is 10.2. The van der Waals surface area contributed by atoms with Gasteiger partial charge in [-0.1, -0.05) is 11.3 Å². The minimum absolute atomic E-state index is 0.0526. The van der Waals surface area contributed by atoms with Crippen LogP contribution in [-0.2, 0) is 9.16 Å². The number of hydrogen-bond donors (Lipinski definition) is 0. The van der Waals surface area contributed by atoms with Gasteiger partial charge in [-0.05, 0) is 34.6 Å². The van der Waals surface area contributed by atoms with E-state index in [2.05, 4.69) is 19.5 Å². The monoisotopic (exact) mass is 200 g/mol. The normalized spacial score (nSPS) is 11.5. The SMILES string of the molecule is CC(C)=C[Si]OCCOC(C)(C)C. The van der Waals surface area contributed by atoms with Crippen molar-refractivity contribution >= 4 is 9.76 Å². The molecule has 76 valence electrons. The maximum Gasteiger partial charge on any atom is 0.260 e. The lowest BCUT2D eigenvalue weighted by Crippen LogP contribution is -2.22. The summed E-state index contributed by atoms with van der Waals surface area (Å²) in [4.78, 5) is 0. The molecule has 13 heavy (non-hydrogen) atoms. The third-order valence-corrected chi connectivity index (χ3v) is 2.22. The Morgan fingerprint density at radius 1 is 1.23 bits per heavy atom. The van der Waals surface area contributed by atoms with Crippen molar-refractivity contribution in [2.45, 2.75) is 40.2 Å². The van der Waals surface area contributed by atoms with Gasteiger partial charge in [0, 0.05) is 0 Å². The van der Waals surface area contributed by atoms with Gasteiger partial charge in [-0.15, -0.1) is 0 Å². The number of ether oxygens (including phenoxy) is 1. The number of rotatable bonds is 5. The molecule has 0 unspecified atom stereocenters. The molecule has 0 N–H and O–H groups in total. The first kappa shape index (κ1) is 12.9. The number of hydrogen-bond acceptors (Lipinski definition) is 2.